The summed E-state index contributed by atoms with van der Waals surface area (Å²) in [5, 5.41) is 0. The summed E-state index contributed by atoms with van der Waals surface area (Å²) in [7, 11) is 0. The lowest BCUT2D eigenvalue weighted by Crippen LogP contribution is -2.36. The molecule has 1 atom stereocenters. The number of hydrogen-bond donors (Lipinski definition) is 1. The molecule has 0 saturated heterocycles. The van der Waals surface area contributed by atoms with E-state index in [1.165, 1.54) is 0 Å². The van der Waals surface area contributed by atoms with Crippen molar-refractivity contribution in [3.8, 4) is 0 Å². The first-order chi connectivity index (χ1) is 7.18. The summed E-state index contributed by atoms with van der Waals surface area (Å²) in [6.07, 6.45) is -1.56. The molecule has 0 bridgehead atoms. The van der Waals surface area contributed by atoms with Gasteiger partial charge in [0.05, 0.1) is 6.54 Å². The summed E-state index contributed by atoms with van der Waals surface area (Å²) >= 11 is 0. The zero-order valence-corrected chi connectivity index (χ0v) is 8.37. The van der Waals surface area contributed by atoms with Crippen LogP contribution in [0.15, 0.2) is 24.3 Å². The molecule has 0 aromatic heterocycles. The van der Waals surface area contributed by atoms with Gasteiger partial charge in [-0.2, -0.15) is 0 Å². The molecular weight excluding hydrogens is 198 g/mol. The molecule has 1 aromatic carbocycles. The number of benzene rings is 1. The van der Waals surface area contributed by atoms with Gasteiger partial charge in [-0.15, -0.1) is 0 Å². The van der Waals surface area contributed by atoms with Gasteiger partial charge in [0.15, 0.2) is 0 Å². The van der Waals surface area contributed by atoms with Gasteiger partial charge in [-0.1, -0.05) is 18.2 Å². The maximum absolute atomic E-state index is 12.3. The van der Waals surface area contributed by atoms with Crippen molar-refractivity contribution in [1.82, 2.24) is 0 Å². The molecule has 2 N–H and O–H groups in total. The summed E-state index contributed by atoms with van der Waals surface area (Å²) in [6.45, 7) is 0.409. The molecule has 4 heteroatoms. The molecule has 0 spiro atoms. The zero-order chi connectivity index (χ0) is 10.8. The predicted molar refractivity (Wildman–Crippen MR) is 56.2 cm³/mol. The molecule has 2 nitrogen and oxygen atoms in total. The third-order valence-corrected chi connectivity index (χ3v) is 2.75. The van der Waals surface area contributed by atoms with E-state index in [4.69, 9.17) is 5.73 Å². The number of nitrogens with zero attached hydrogens (tertiary/aromatic N) is 1. The summed E-state index contributed by atoms with van der Waals surface area (Å²) in [4.78, 5) is 1.71. The molecule has 0 saturated carbocycles. The van der Waals surface area contributed by atoms with Gasteiger partial charge in [0.2, 0.25) is 0 Å². The second-order valence-corrected chi connectivity index (χ2v) is 3.79. The predicted octanol–water partition coefficient (Wildman–Crippen LogP) is 2.16. The van der Waals surface area contributed by atoms with Crippen LogP contribution in [-0.4, -0.2) is 19.5 Å². The molecule has 15 heavy (non-hydrogen) atoms. The van der Waals surface area contributed by atoms with Crippen LogP contribution in [0.5, 0.6) is 0 Å². The van der Waals surface area contributed by atoms with E-state index < -0.39 is 6.43 Å². The second-order valence-electron chi connectivity index (χ2n) is 3.79. The Bertz CT molecular complexity index is 341. The third-order valence-electron chi connectivity index (χ3n) is 2.75. The first kappa shape index (κ1) is 10.4. The van der Waals surface area contributed by atoms with Crippen molar-refractivity contribution in [3.63, 3.8) is 0 Å². The first-order valence-electron chi connectivity index (χ1n) is 5.06. The maximum atomic E-state index is 12.3. The number of nitrogens with two attached hydrogens (primary N) is 1. The minimum atomic E-state index is -2.30. The average Bonchev–Trinajstić information content (AvgIpc) is 2.22. The smallest absolute Gasteiger partial charge is 0.255 e. The Hall–Kier alpha value is -1.16. The van der Waals surface area contributed by atoms with E-state index in [1.54, 1.807) is 4.90 Å². The topological polar surface area (TPSA) is 29.3 Å². The Morgan fingerprint density at radius 1 is 1.40 bits per heavy atom. The van der Waals surface area contributed by atoms with Crippen molar-refractivity contribution in [2.75, 3.05) is 18.0 Å². The molecular formula is C11H14F2N2. The van der Waals surface area contributed by atoms with E-state index in [0.29, 0.717) is 6.54 Å². The van der Waals surface area contributed by atoms with Crippen LogP contribution in [-0.2, 0) is 0 Å². The van der Waals surface area contributed by atoms with Gasteiger partial charge in [0.25, 0.3) is 6.43 Å². The Kier molecular flexibility index (Phi) is 2.86. The van der Waals surface area contributed by atoms with Gasteiger partial charge >= 0.3 is 0 Å². The summed E-state index contributed by atoms with van der Waals surface area (Å²) in [5.41, 5.74) is 7.76. The largest absolute Gasteiger partial charge is 0.365 e. The molecule has 82 valence electrons. The lowest BCUT2D eigenvalue weighted by molar-refractivity contribution is 0.154. The van der Waals surface area contributed by atoms with Crippen LogP contribution in [0, 0.1) is 0 Å². The SMILES string of the molecule is NC1CCN(CC(F)F)c2ccccc21. The first-order valence-corrected chi connectivity index (χ1v) is 5.06. The fourth-order valence-corrected chi connectivity index (χ4v) is 2.02. The van der Waals surface area contributed by atoms with Crippen molar-refractivity contribution in [3.05, 3.63) is 29.8 Å². The number of fused-ring (bicyclic) bond motifs is 1. The molecule has 0 amide bonds. The summed E-state index contributed by atoms with van der Waals surface area (Å²) < 4.78 is 24.7. The average molecular weight is 212 g/mol. The van der Waals surface area contributed by atoms with Gasteiger partial charge in [0, 0.05) is 18.3 Å². The lowest BCUT2D eigenvalue weighted by Gasteiger charge is -2.34. The molecule has 1 aromatic rings. The third kappa shape index (κ3) is 2.09. The molecule has 0 fully saturated rings. The van der Waals surface area contributed by atoms with E-state index in [-0.39, 0.29) is 12.6 Å². The Morgan fingerprint density at radius 3 is 2.87 bits per heavy atom. The number of para-hydroxylation sites is 1. The summed E-state index contributed by atoms with van der Waals surface area (Å²) in [5.74, 6) is 0. The Morgan fingerprint density at radius 2 is 2.13 bits per heavy atom. The normalized spacial score (nSPS) is 20.5. The van der Waals surface area contributed by atoms with Gasteiger partial charge in [-0.25, -0.2) is 8.78 Å². The molecule has 1 unspecified atom stereocenters. The standard InChI is InChI=1S/C11H14F2N2/c12-11(13)7-15-6-5-9(14)8-3-1-2-4-10(8)15/h1-4,9,11H,5-7,14H2. The van der Waals surface area contributed by atoms with Crippen LogP contribution >= 0.6 is 0 Å². The fraction of sp³-hybridized carbons (Fsp3) is 0.455. The quantitative estimate of drug-likeness (QED) is 0.814. The van der Waals surface area contributed by atoms with Crippen LogP contribution in [0.25, 0.3) is 0 Å². The lowest BCUT2D eigenvalue weighted by atomic mass is 9.97. The van der Waals surface area contributed by atoms with Gasteiger partial charge in [-0.05, 0) is 18.1 Å². The van der Waals surface area contributed by atoms with Gasteiger partial charge < -0.3 is 10.6 Å². The number of alkyl halides is 2. The van der Waals surface area contributed by atoms with Crippen molar-refractivity contribution >= 4 is 5.69 Å². The second kappa shape index (κ2) is 4.14. The maximum Gasteiger partial charge on any atom is 0.255 e. The van der Waals surface area contributed by atoms with Crippen LogP contribution in [0.3, 0.4) is 0 Å². The molecule has 1 aliphatic heterocycles. The van der Waals surface area contributed by atoms with Crippen LogP contribution in [0.2, 0.25) is 0 Å². The van der Waals surface area contributed by atoms with Crippen LogP contribution in [0.1, 0.15) is 18.0 Å². The van der Waals surface area contributed by atoms with Crippen molar-refractivity contribution in [1.29, 1.82) is 0 Å². The summed E-state index contributed by atoms with van der Waals surface area (Å²) in [6, 6.07) is 7.50. The van der Waals surface area contributed by atoms with E-state index >= 15 is 0 Å². The van der Waals surface area contributed by atoms with E-state index in [0.717, 1.165) is 17.7 Å². The highest BCUT2D eigenvalue weighted by molar-refractivity contribution is 5.56. The number of anilines is 1. The Labute approximate surface area is 87.7 Å². The van der Waals surface area contributed by atoms with E-state index in [2.05, 4.69) is 0 Å². The minimum Gasteiger partial charge on any atom is -0.365 e. The highest BCUT2D eigenvalue weighted by atomic mass is 19.3. The van der Waals surface area contributed by atoms with Crippen molar-refractivity contribution in [2.45, 2.75) is 18.9 Å². The van der Waals surface area contributed by atoms with Crippen LogP contribution < -0.4 is 10.6 Å². The van der Waals surface area contributed by atoms with E-state index in [1.807, 2.05) is 24.3 Å². The number of rotatable bonds is 2. The molecule has 2 rings (SSSR count). The molecule has 1 aliphatic rings. The Balaban J connectivity index is 2.28. The number of hydrogen-bond acceptors (Lipinski definition) is 2. The molecule has 1 heterocycles. The minimum absolute atomic E-state index is 0.0184. The van der Waals surface area contributed by atoms with Crippen molar-refractivity contribution in [2.24, 2.45) is 5.73 Å². The van der Waals surface area contributed by atoms with E-state index in [9.17, 15) is 8.78 Å². The zero-order valence-electron chi connectivity index (χ0n) is 8.37. The van der Waals surface area contributed by atoms with Crippen LogP contribution in [0.4, 0.5) is 14.5 Å². The molecule has 0 radical (unpaired) electrons. The fourth-order valence-electron chi connectivity index (χ4n) is 2.02. The van der Waals surface area contributed by atoms with Gasteiger partial charge in [0.1, 0.15) is 0 Å². The highest BCUT2D eigenvalue weighted by Gasteiger charge is 2.23. The highest BCUT2D eigenvalue weighted by Crippen LogP contribution is 2.32. The number of halogens is 2. The van der Waals surface area contributed by atoms with Gasteiger partial charge in [-0.3, -0.25) is 0 Å². The molecule has 0 aliphatic carbocycles. The van der Waals surface area contributed by atoms with Crippen molar-refractivity contribution < 1.29 is 8.78 Å². The monoisotopic (exact) mass is 212 g/mol.